The molecule has 0 bridgehead atoms. The smallest absolute Gasteiger partial charge is 0.337 e. The maximum Gasteiger partial charge on any atom is 0.337 e. The van der Waals surface area contributed by atoms with Gasteiger partial charge in [-0.1, -0.05) is 0 Å². The summed E-state index contributed by atoms with van der Waals surface area (Å²) in [6.45, 7) is 3.90. The minimum Gasteiger partial charge on any atom is -0.478 e. The summed E-state index contributed by atoms with van der Waals surface area (Å²) in [4.78, 5) is 28.2. The Morgan fingerprint density at radius 1 is 1.32 bits per heavy atom. The third kappa shape index (κ3) is 2.97. The second kappa shape index (κ2) is 5.19. The van der Waals surface area contributed by atoms with Crippen LogP contribution in [0.1, 0.15) is 30.5 Å². The number of pyridine rings is 1. The van der Waals surface area contributed by atoms with Gasteiger partial charge in [-0.15, -0.1) is 11.3 Å². The summed E-state index contributed by atoms with van der Waals surface area (Å²) in [7, 11) is 0. The van der Waals surface area contributed by atoms with Gasteiger partial charge in [0.25, 0.3) is 5.91 Å². The van der Waals surface area contributed by atoms with Gasteiger partial charge in [-0.3, -0.25) is 4.79 Å². The van der Waals surface area contributed by atoms with Gasteiger partial charge >= 0.3 is 5.97 Å². The SMILES string of the molecule is Cc1cc(C(=O)Nc2ccc(C(=O)O)cn2)sc1C. The molecule has 2 aromatic rings. The molecular formula is C13H12N2O3S. The quantitative estimate of drug-likeness (QED) is 0.903. The molecule has 0 atom stereocenters. The molecule has 2 aromatic heterocycles. The molecule has 19 heavy (non-hydrogen) atoms. The molecule has 0 saturated heterocycles. The number of anilines is 1. The number of aromatic nitrogens is 1. The lowest BCUT2D eigenvalue weighted by molar-refractivity contribution is 0.0696. The van der Waals surface area contributed by atoms with E-state index < -0.39 is 5.97 Å². The van der Waals surface area contributed by atoms with E-state index in [1.807, 2.05) is 19.9 Å². The van der Waals surface area contributed by atoms with Crippen LogP contribution in [0.5, 0.6) is 0 Å². The summed E-state index contributed by atoms with van der Waals surface area (Å²) < 4.78 is 0. The van der Waals surface area contributed by atoms with E-state index in [0.29, 0.717) is 10.7 Å². The first kappa shape index (κ1) is 13.2. The first-order chi connectivity index (χ1) is 8.97. The Labute approximate surface area is 113 Å². The zero-order valence-electron chi connectivity index (χ0n) is 10.4. The molecule has 0 aromatic carbocycles. The Kier molecular flexibility index (Phi) is 3.62. The zero-order chi connectivity index (χ0) is 14.0. The van der Waals surface area contributed by atoms with Crippen molar-refractivity contribution in [1.82, 2.24) is 4.98 Å². The van der Waals surface area contributed by atoms with Crippen molar-refractivity contribution >= 4 is 29.0 Å². The largest absolute Gasteiger partial charge is 0.478 e. The summed E-state index contributed by atoms with van der Waals surface area (Å²) in [5.74, 6) is -0.953. The normalized spacial score (nSPS) is 10.2. The summed E-state index contributed by atoms with van der Waals surface area (Å²) in [6, 6.07) is 4.69. The van der Waals surface area contributed by atoms with Crippen LogP contribution in [0.3, 0.4) is 0 Å². The van der Waals surface area contributed by atoms with Crippen LogP contribution >= 0.6 is 11.3 Å². The summed E-state index contributed by atoms with van der Waals surface area (Å²) in [5, 5.41) is 11.4. The van der Waals surface area contributed by atoms with Crippen LogP contribution in [-0.4, -0.2) is 22.0 Å². The second-order valence-electron chi connectivity index (χ2n) is 4.04. The summed E-state index contributed by atoms with van der Waals surface area (Å²) >= 11 is 1.42. The standard InChI is InChI=1S/C13H12N2O3S/c1-7-5-10(19-8(7)2)12(16)15-11-4-3-9(6-14-11)13(17)18/h3-6H,1-2H3,(H,17,18)(H,14,15,16). The van der Waals surface area contributed by atoms with Crippen molar-refractivity contribution < 1.29 is 14.7 Å². The summed E-state index contributed by atoms with van der Waals surface area (Å²) in [6.07, 6.45) is 1.21. The number of carboxylic acid groups (broad SMARTS) is 1. The van der Waals surface area contributed by atoms with E-state index in [0.717, 1.165) is 10.4 Å². The van der Waals surface area contributed by atoms with E-state index in [4.69, 9.17) is 5.11 Å². The molecule has 0 saturated carbocycles. The fourth-order valence-electron chi connectivity index (χ4n) is 1.46. The molecule has 98 valence electrons. The van der Waals surface area contributed by atoms with Gasteiger partial charge in [-0.05, 0) is 37.6 Å². The van der Waals surface area contributed by atoms with Crippen molar-refractivity contribution in [2.75, 3.05) is 5.32 Å². The minimum absolute atomic E-state index is 0.0841. The molecule has 6 heteroatoms. The molecule has 2 N–H and O–H groups in total. The van der Waals surface area contributed by atoms with Crippen molar-refractivity contribution in [2.45, 2.75) is 13.8 Å². The lowest BCUT2D eigenvalue weighted by Crippen LogP contribution is -2.11. The average molecular weight is 276 g/mol. The lowest BCUT2D eigenvalue weighted by atomic mass is 10.2. The third-order valence-corrected chi connectivity index (χ3v) is 3.79. The molecular weight excluding hydrogens is 264 g/mol. The van der Waals surface area contributed by atoms with Gasteiger partial charge in [0.1, 0.15) is 5.82 Å². The molecule has 0 aliphatic heterocycles. The molecule has 5 nitrogen and oxygen atoms in total. The Morgan fingerprint density at radius 2 is 2.05 bits per heavy atom. The highest BCUT2D eigenvalue weighted by Crippen LogP contribution is 2.21. The number of nitrogens with one attached hydrogen (secondary N) is 1. The topological polar surface area (TPSA) is 79.3 Å². The molecule has 2 rings (SSSR count). The van der Waals surface area contributed by atoms with Crippen LogP contribution in [0, 0.1) is 13.8 Å². The highest BCUT2D eigenvalue weighted by atomic mass is 32.1. The summed E-state index contributed by atoms with van der Waals surface area (Å²) in [5.41, 5.74) is 1.16. The van der Waals surface area contributed by atoms with Gasteiger partial charge in [-0.25, -0.2) is 9.78 Å². The van der Waals surface area contributed by atoms with Crippen LogP contribution < -0.4 is 5.32 Å². The Bertz CT molecular complexity index is 612. The predicted molar refractivity (Wildman–Crippen MR) is 72.9 cm³/mol. The van der Waals surface area contributed by atoms with Gasteiger partial charge in [-0.2, -0.15) is 0 Å². The van der Waals surface area contributed by atoms with Gasteiger partial charge in [0.05, 0.1) is 10.4 Å². The number of carbonyl (C=O) groups is 2. The molecule has 0 unspecified atom stereocenters. The number of hydrogen-bond donors (Lipinski definition) is 2. The van der Waals surface area contributed by atoms with E-state index in [9.17, 15) is 9.59 Å². The second-order valence-corrected chi connectivity index (χ2v) is 5.30. The number of nitrogens with zero attached hydrogens (tertiary/aromatic N) is 1. The van der Waals surface area contributed by atoms with Crippen molar-refractivity contribution in [1.29, 1.82) is 0 Å². The van der Waals surface area contributed by atoms with Crippen LogP contribution in [0.4, 0.5) is 5.82 Å². The maximum absolute atomic E-state index is 11.9. The lowest BCUT2D eigenvalue weighted by Gasteiger charge is -2.02. The van der Waals surface area contributed by atoms with Crippen molar-refractivity contribution in [3.63, 3.8) is 0 Å². The number of thiophene rings is 1. The minimum atomic E-state index is -1.05. The first-order valence-electron chi connectivity index (χ1n) is 5.55. The van der Waals surface area contributed by atoms with E-state index >= 15 is 0 Å². The average Bonchev–Trinajstić information content (AvgIpc) is 2.70. The van der Waals surface area contributed by atoms with Gasteiger partial charge in [0.15, 0.2) is 0 Å². The first-order valence-corrected chi connectivity index (χ1v) is 6.37. The van der Waals surface area contributed by atoms with Crippen LogP contribution in [0.25, 0.3) is 0 Å². The highest BCUT2D eigenvalue weighted by molar-refractivity contribution is 7.14. The number of hydrogen-bond acceptors (Lipinski definition) is 4. The molecule has 2 heterocycles. The highest BCUT2D eigenvalue weighted by Gasteiger charge is 2.11. The van der Waals surface area contributed by atoms with E-state index in [1.54, 1.807) is 0 Å². The number of rotatable bonds is 3. The fourth-order valence-corrected chi connectivity index (χ4v) is 2.39. The number of aromatic carboxylic acids is 1. The maximum atomic E-state index is 11.9. The van der Waals surface area contributed by atoms with Gasteiger partial charge in [0, 0.05) is 11.1 Å². The van der Waals surface area contributed by atoms with E-state index in [2.05, 4.69) is 10.3 Å². The van der Waals surface area contributed by atoms with Crippen LogP contribution in [0.2, 0.25) is 0 Å². The molecule has 0 spiro atoms. The van der Waals surface area contributed by atoms with Gasteiger partial charge in [0.2, 0.25) is 0 Å². The van der Waals surface area contributed by atoms with Crippen LogP contribution in [0.15, 0.2) is 24.4 Å². The van der Waals surface area contributed by atoms with Crippen molar-refractivity contribution in [3.8, 4) is 0 Å². The fraction of sp³-hybridized carbons (Fsp3) is 0.154. The number of amides is 1. The molecule has 0 aliphatic carbocycles. The van der Waals surface area contributed by atoms with Crippen LogP contribution in [-0.2, 0) is 0 Å². The molecule has 0 fully saturated rings. The Hall–Kier alpha value is -2.21. The predicted octanol–water partition coefficient (Wildman–Crippen LogP) is 2.71. The molecule has 0 radical (unpaired) electrons. The Balaban J connectivity index is 2.12. The van der Waals surface area contributed by atoms with Gasteiger partial charge < -0.3 is 10.4 Å². The monoisotopic (exact) mass is 276 g/mol. The number of carboxylic acids is 1. The zero-order valence-corrected chi connectivity index (χ0v) is 11.2. The van der Waals surface area contributed by atoms with Crippen molar-refractivity contribution in [3.05, 3.63) is 45.3 Å². The number of aryl methyl sites for hydroxylation is 2. The molecule has 1 amide bonds. The van der Waals surface area contributed by atoms with E-state index in [1.165, 1.54) is 29.7 Å². The van der Waals surface area contributed by atoms with E-state index in [-0.39, 0.29) is 11.5 Å². The molecule has 0 aliphatic rings. The third-order valence-electron chi connectivity index (χ3n) is 2.64. The Morgan fingerprint density at radius 3 is 2.53 bits per heavy atom. The van der Waals surface area contributed by atoms with Crippen molar-refractivity contribution in [2.24, 2.45) is 0 Å². The number of carbonyl (C=O) groups excluding carboxylic acids is 1.